The fourth-order valence-corrected chi connectivity index (χ4v) is 3.50. The van der Waals surface area contributed by atoms with E-state index in [0.717, 1.165) is 11.1 Å². The highest BCUT2D eigenvalue weighted by molar-refractivity contribution is 7.99. The number of benzene rings is 2. The van der Waals surface area contributed by atoms with E-state index in [-0.39, 0.29) is 17.7 Å². The van der Waals surface area contributed by atoms with Crippen LogP contribution in [0.1, 0.15) is 31.0 Å². The summed E-state index contributed by atoms with van der Waals surface area (Å²) in [5, 5.41) is 15.1. The molecule has 1 aromatic heterocycles. The Labute approximate surface area is 180 Å². The minimum absolute atomic E-state index is 0.0957. The highest BCUT2D eigenvalue weighted by atomic mass is 32.2. The Morgan fingerprint density at radius 3 is 2.67 bits per heavy atom. The van der Waals surface area contributed by atoms with Crippen LogP contribution in [0.2, 0.25) is 0 Å². The van der Waals surface area contributed by atoms with Crippen molar-refractivity contribution >= 4 is 17.7 Å². The summed E-state index contributed by atoms with van der Waals surface area (Å²) in [7, 11) is 1.60. The molecule has 0 spiro atoms. The molecule has 0 saturated heterocycles. The number of amides is 1. The normalized spacial score (nSPS) is 10.8. The molecule has 1 heterocycles. The van der Waals surface area contributed by atoms with Crippen LogP contribution in [0.25, 0.3) is 0 Å². The maximum atomic E-state index is 12.2. The summed E-state index contributed by atoms with van der Waals surface area (Å²) in [6, 6.07) is 15.7. The maximum absolute atomic E-state index is 12.2. The molecule has 0 aliphatic carbocycles. The third-order valence-electron chi connectivity index (χ3n) is 4.24. The monoisotopic (exact) mass is 427 g/mol. The highest BCUT2D eigenvalue weighted by Crippen LogP contribution is 2.29. The lowest BCUT2D eigenvalue weighted by Crippen LogP contribution is -2.24. The summed E-state index contributed by atoms with van der Waals surface area (Å²) in [5.41, 5.74) is 2.00. The zero-order valence-corrected chi connectivity index (χ0v) is 18.1. The van der Waals surface area contributed by atoms with Gasteiger partial charge in [-0.2, -0.15) is 0 Å². The summed E-state index contributed by atoms with van der Waals surface area (Å²) in [5.74, 6) is 1.43. The lowest BCUT2D eigenvalue weighted by molar-refractivity contribution is -0.118. The van der Waals surface area contributed by atoms with Crippen molar-refractivity contribution in [1.29, 1.82) is 0 Å². The standard InChI is InChI=1S/C21H25N5O3S/c1-15(2)26-21(23-24-25-26)30-14-20(27)22-12-17-9-10-18(19(11-17)28-3)29-13-16-7-5-4-6-8-16/h4-11,15H,12-14H2,1-3H3,(H,22,27). The molecule has 0 unspecified atom stereocenters. The summed E-state index contributed by atoms with van der Waals surface area (Å²) in [6.07, 6.45) is 0. The fourth-order valence-electron chi connectivity index (χ4n) is 2.66. The molecule has 30 heavy (non-hydrogen) atoms. The predicted molar refractivity (Wildman–Crippen MR) is 115 cm³/mol. The van der Waals surface area contributed by atoms with E-state index >= 15 is 0 Å². The Balaban J connectivity index is 1.51. The smallest absolute Gasteiger partial charge is 0.230 e. The quantitative estimate of drug-likeness (QED) is 0.497. The van der Waals surface area contributed by atoms with Crippen molar-refractivity contribution in [3.63, 3.8) is 0 Å². The third-order valence-corrected chi connectivity index (χ3v) is 5.17. The number of aromatic nitrogens is 4. The first-order valence-corrected chi connectivity index (χ1v) is 10.6. The maximum Gasteiger partial charge on any atom is 0.230 e. The lowest BCUT2D eigenvalue weighted by Gasteiger charge is -2.13. The number of carbonyl (C=O) groups is 1. The van der Waals surface area contributed by atoms with Crippen LogP contribution in [0.4, 0.5) is 0 Å². The first-order valence-electron chi connectivity index (χ1n) is 9.58. The molecule has 3 aromatic rings. The van der Waals surface area contributed by atoms with Crippen LogP contribution < -0.4 is 14.8 Å². The van der Waals surface area contributed by atoms with Crippen molar-refractivity contribution in [1.82, 2.24) is 25.5 Å². The highest BCUT2D eigenvalue weighted by Gasteiger charge is 2.12. The van der Waals surface area contributed by atoms with Crippen LogP contribution in [-0.4, -0.2) is 39.0 Å². The van der Waals surface area contributed by atoms with Gasteiger partial charge in [-0.15, -0.1) is 5.10 Å². The van der Waals surface area contributed by atoms with Gasteiger partial charge >= 0.3 is 0 Å². The molecule has 1 N–H and O–H groups in total. The Bertz CT molecular complexity index is 962. The number of hydrogen-bond donors (Lipinski definition) is 1. The summed E-state index contributed by atoms with van der Waals surface area (Å²) < 4.78 is 13.0. The Kier molecular flexibility index (Phi) is 7.67. The van der Waals surface area contributed by atoms with E-state index in [1.54, 1.807) is 11.8 Å². The molecular weight excluding hydrogens is 402 g/mol. The first-order chi connectivity index (χ1) is 14.6. The van der Waals surface area contributed by atoms with E-state index in [4.69, 9.17) is 9.47 Å². The molecule has 158 valence electrons. The van der Waals surface area contributed by atoms with E-state index in [1.807, 2.05) is 62.4 Å². The Morgan fingerprint density at radius 1 is 1.13 bits per heavy atom. The van der Waals surface area contributed by atoms with Crippen molar-refractivity contribution in [2.45, 2.75) is 38.2 Å². The third kappa shape index (κ3) is 5.96. The lowest BCUT2D eigenvalue weighted by atomic mass is 10.2. The molecule has 0 saturated carbocycles. The van der Waals surface area contributed by atoms with Gasteiger partial charge < -0.3 is 14.8 Å². The van der Waals surface area contributed by atoms with Crippen LogP contribution in [-0.2, 0) is 17.9 Å². The van der Waals surface area contributed by atoms with Crippen molar-refractivity contribution < 1.29 is 14.3 Å². The largest absolute Gasteiger partial charge is 0.493 e. The van der Waals surface area contributed by atoms with Gasteiger partial charge in [0.1, 0.15) is 6.61 Å². The zero-order chi connectivity index (χ0) is 21.3. The summed E-state index contributed by atoms with van der Waals surface area (Å²) in [6.45, 7) is 4.83. The molecule has 0 aliphatic heterocycles. The number of rotatable bonds is 10. The van der Waals surface area contributed by atoms with Crippen LogP contribution >= 0.6 is 11.8 Å². The molecule has 0 atom stereocenters. The average molecular weight is 428 g/mol. The van der Waals surface area contributed by atoms with Crippen LogP contribution in [0, 0.1) is 0 Å². The van der Waals surface area contributed by atoms with Gasteiger partial charge in [0.15, 0.2) is 11.5 Å². The van der Waals surface area contributed by atoms with E-state index in [0.29, 0.717) is 29.8 Å². The Morgan fingerprint density at radius 2 is 1.93 bits per heavy atom. The van der Waals surface area contributed by atoms with Crippen molar-refractivity contribution in [3.8, 4) is 11.5 Å². The molecule has 0 fully saturated rings. The van der Waals surface area contributed by atoms with Crippen molar-refractivity contribution in [3.05, 3.63) is 59.7 Å². The molecule has 9 heteroatoms. The minimum atomic E-state index is -0.0957. The van der Waals surface area contributed by atoms with Gasteiger partial charge in [0, 0.05) is 6.54 Å². The molecule has 1 amide bonds. The minimum Gasteiger partial charge on any atom is -0.493 e. The van der Waals surface area contributed by atoms with Gasteiger partial charge in [-0.3, -0.25) is 4.79 Å². The number of nitrogens with one attached hydrogen (secondary N) is 1. The van der Waals surface area contributed by atoms with Gasteiger partial charge in [-0.25, -0.2) is 4.68 Å². The van der Waals surface area contributed by atoms with Gasteiger partial charge in [-0.1, -0.05) is 48.2 Å². The van der Waals surface area contributed by atoms with E-state index < -0.39 is 0 Å². The number of tetrazole rings is 1. The molecule has 2 aromatic carbocycles. The van der Waals surface area contributed by atoms with Crippen molar-refractivity contribution in [2.75, 3.05) is 12.9 Å². The topological polar surface area (TPSA) is 91.2 Å². The number of ether oxygens (including phenoxy) is 2. The van der Waals surface area contributed by atoms with Gasteiger partial charge in [0.2, 0.25) is 11.1 Å². The summed E-state index contributed by atoms with van der Waals surface area (Å²) >= 11 is 1.31. The molecule has 3 rings (SSSR count). The molecule has 8 nitrogen and oxygen atoms in total. The average Bonchev–Trinajstić information content (AvgIpc) is 3.25. The fraction of sp³-hybridized carbons (Fsp3) is 0.333. The number of methoxy groups -OCH3 is 1. The van der Waals surface area contributed by atoms with E-state index in [1.165, 1.54) is 11.8 Å². The van der Waals surface area contributed by atoms with Crippen molar-refractivity contribution in [2.24, 2.45) is 0 Å². The molecule has 0 radical (unpaired) electrons. The predicted octanol–water partition coefficient (Wildman–Crippen LogP) is 3.25. The number of nitrogens with zero attached hydrogens (tertiary/aromatic N) is 4. The first kappa shape index (κ1) is 21.6. The van der Waals surface area contributed by atoms with Gasteiger partial charge in [-0.05, 0) is 47.5 Å². The SMILES string of the molecule is COc1cc(CNC(=O)CSc2nnnn2C(C)C)ccc1OCc1ccccc1. The zero-order valence-electron chi connectivity index (χ0n) is 17.2. The van der Waals surface area contributed by atoms with Gasteiger partial charge in [0.25, 0.3) is 0 Å². The summed E-state index contributed by atoms with van der Waals surface area (Å²) in [4.78, 5) is 12.2. The van der Waals surface area contributed by atoms with Gasteiger partial charge in [0.05, 0.1) is 18.9 Å². The number of carbonyl (C=O) groups excluding carboxylic acids is 1. The van der Waals surface area contributed by atoms with E-state index in [2.05, 4.69) is 20.8 Å². The second-order valence-electron chi connectivity index (χ2n) is 6.82. The number of hydrogen-bond acceptors (Lipinski definition) is 7. The molecule has 0 bridgehead atoms. The second-order valence-corrected chi connectivity index (χ2v) is 7.77. The molecular formula is C21H25N5O3S. The second kappa shape index (κ2) is 10.6. The molecule has 0 aliphatic rings. The van der Waals surface area contributed by atoms with Crippen LogP contribution in [0.3, 0.4) is 0 Å². The van der Waals surface area contributed by atoms with E-state index in [9.17, 15) is 4.79 Å². The van der Waals surface area contributed by atoms with Crippen LogP contribution in [0.5, 0.6) is 11.5 Å². The van der Waals surface area contributed by atoms with Crippen LogP contribution in [0.15, 0.2) is 53.7 Å². The number of thioether (sulfide) groups is 1. The Hall–Kier alpha value is -3.07.